The highest BCUT2D eigenvalue weighted by molar-refractivity contribution is 5.90. The predicted octanol–water partition coefficient (Wildman–Crippen LogP) is 1.17. The number of pyridine rings is 1. The lowest BCUT2D eigenvalue weighted by Gasteiger charge is -2.25. The number of ether oxygens (including phenoxy) is 1. The summed E-state index contributed by atoms with van der Waals surface area (Å²) in [6, 6.07) is 1.89. The first-order chi connectivity index (χ1) is 10.8. The van der Waals surface area contributed by atoms with Crippen LogP contribution < -0.4 is 11.1 Å². The van der Waals surface area contributed by atoms with Crippen molar-refractivity contribution in [2.24, 2.45) is 0 Å². The Morgan fingerprint density at radius 3 is 3.27 bits per heavy atom. The van der Waals surface area contributed by atoms with Gasteiger partial charge in [-0.05, 0) is 12.5 Å². The Labute approximate surface area is 127 Å². The molecule has 0 amide bonds. The maximum atomic E-state index is 12.9. The average molecular weight is 299 g/mol. The zero-order valence-corrected chi connectivity index (χ0v) is 12.1. The van der Waals surface area contributed by atoms with Gasteiger partial charge in [0.25, 0.3) is 5.91 Å². The number of rotatable bonds is 1. The van der Waals surface area contributed by atoms with Crippen LogP contribution in [-0.2, 0) is 17.8 Å². The van der Waals surface area contributed by atoms with E-state index in [1.165, 1.54) is 4.68 Å². The molecule has 2 aliphatic rings. The summed E-state index contributed by atoms with van der Waals surface area (Å²) < 4.78 is 6.74. The number of nitrogens with one attached hydrogen (secondary N) is 1. The molecule has 0 fully saturated rings. The molecule has 0 spiro atoms. The molecule has 2 aliphatic heterocycles. The smallest absolute Gasteiger partial charge is 0.256 e. The molecular weight excluding hydrogens is 282 g/mol. The van der Waals surface area contributed by atoms with Crippen molar-refractivity contribution in [2.75, 3.05) is 24.2 Å². The molecule has 2 aromatic heterocycles. The fourth-order valence-electron chi connectivity index (χ4n) is 3.17. The zero-order valence-electron chi connectivity index (χ0n) is 12.1. The van der Waals surface area contributed by atoms with Crippen LogP contribution in [0.25, 0.3) is 0 Å². The Balaban J connectivity index is 1.73. The molecule has 0 radical (unpaired) electrons. The minimum absolute atomic E-state index is 0.0948. The molecule has 1 atom stereocenters. The first kappa shape index (κ1) is 13.3. The third-order valence-corrected chi connectivity index (χ3v) is 4.32. The summed E-state index contributed by atoms with van der Waals surface area (Å²) in [7, 11) is 0. The number of hydrogen-bond acceptors (Lipinski definition) is 6. The first-order valence-electron chi connectivity index (χ1n) is 7.41. The van der Waals surface area contributed by atoms with Gasteiger partial charge in [0.15, 0.2) is 0 Å². The lowest BCUT2D eigenvalue weighted by Crippen LogP contribution is -2.28. The topological polar surface area (TPSA) is 95.1 Å². The van der Waals surface area contributed by atoms with Crippen molar-refractivity contribution in [3.05, 3.63) is 35.3 Å². The molecule has 0 aromatic carbocycles. The first-order valence-corrected chi connectivity index (χ1v) is 7.41. The van der Waals surface area contributed by atoms with Crippen molar-refractivity contribution < 1.29 is 9.53 Å². The number of carbonyl (C=O) groups excluding carboxylic acids is 1. The minimum atomic E-state index is -0.269. The van der Waals surface area contributed by atoms with Gasteiger partial charge >= 0.3 is 0 Å². The van der Waals surface area contributed by atoms with Crippen LogP contribution in [0.5, 0.6) is 0 Å². The van der Waals surface area contributed by atoms with E-state index in [-0.39, 0.29) is 11.8 Å². The summed E-state index contributed by atoms with van der Waals surface area (Å²) in [6.07, 6.45) is 4.88. The largest absolute Gasteiger partial charge is 0.385 e. The second-order valence-electron chi connectivity index (χ2n) is 5.59. The fourth-order valence-corrected chi connectivity index (χ4v) is 3.17. The van der Waals surface area contributed by atoms with Gasteiger partial charge in [-0.15, -0.1) is 0 Å². The van der Waals surface area contributed by atoms with Crippen LogP contribution in [0.3, 0.4) is 0 Å². The third-order valence-electron chi connectivity index (χ3n) is 4.32. The van der Waals surface area contributed by atoms with Crippen molar-refractivity contribution in [3.63, 3.8) is 0 Å². The highest BCUT2D eigenvalue weighted by Gasteiger charge is 2.31. The second-order valence-corrected chi connectivity index (χ2v) is 5.59. The molecule has 0 bridgehead atoms. The van der Waals surface area contributed by atoms with E-state index in [4.69, 9.17) is 10.5 Å². The van der Waals surface area contributed by atoms with Crippen LogP contribution in [0.2, 0.25) is 0 Å². The van der Waals surface area contributed by atoms with Crippen molar-refractivity contribution in [2.45, 2.75) is 25.4 Å². The van der Waals surface area contributed by atoms with E-state index in [1.54, 1.807) is 12.4 Å². The molecule has 3 N–H and O–H groups in total. The summed E-state index contributed by atoms with van der Waals surface area (Å²) in [6.45, 7) is 1.79. The molecule has 4 rings (SSSR count). The number of hydrogen-bond donors (Lipinski definition) is 2. The summed E-state index contributed by atoms with van der Waals surface area (Å²) in [5.74, 6) is 0.0874. The van der Waals surface area contributed by atoms with Gasteiger partial charge in [-0.25, -0.2) is 0 Å². The Kier molecular flexibility index (Phi) is 3.07. The van der Waals surface area contributed by atoms with E-state index in [9.17, 15) is 4.79 Å². The summed E-state index contributed by atoms with van der Waals surface area (Å²) in [4.78, 5) is 17.1. The lowest BCUT2D eigenvalue weighted by molar-refractivity contribution is 0.0854. The maximum absolute atomic E-state index is 12.9. The molecule has 2 aromatic rings. The minimum Gasteiger partial charge on any atom is -0.385 e. The summed E-state index contributed by atoms with van der Waals surface area (Å²) >= 11 is 0. The Morgan fingerprint density at radius 2 is 2.41 bits per heavy atom. The summed E-state index contributed by atoms with van der Waals surface area (Å²) in [5, 5.41) is 7.66. The van der Waals surface area contributed by atoms with Gasteiger partial charge in [-0.2, -0.15) is 9.78 Å². The van der Waals surface area contributed by atoms with E-state index >= 15 is 0 Å². The highest BCUT2D eigenvalue weighted by atomic mass is 16.5. The molecule has 0 saturated carbocycles. The third kappa shape index (κ3) is 1.97. The second kappa shape index (κ2) is 5.10. The maximum Gasteiger partial charge on any atom is 0.256 e. The number of fused-ring (bicyclic) bond motifs is 2. The summed E-state index contributed by atoms with van der Waals surface area (Å²) in [5.41, 5.74) is 9.73. The van der Waals surface area contributed by atoms with Crippen LogP contribution in [0, 0.1) is 0 Å². The lowest BCUT2D eigenvalue weighted by atomic mass is 9.92. The van der Waals surface area contributed by atoms with Gasteiger partial charge in [0.2, 0.25) is 0 Å². The van der Waals surface area contributed by atoms with Gasteiger partial charge in [-0.1, -0.05) is 0 Å². The van der Waals surface area contributed by atoms with Crippen LogP contribution in [0.1, 0.15) is 34.0 Å². The zero-order chi connectivity index (χ0) is 15.1. The molecule has 4 heterocycles. The molecule has 1 unspecified atom stereocenters. The van der Waals surface area contributed by atoms with Gasteiger partial charge in [0.1, 0.15) is 5.82 Å². The molecular formula is C15H17N5O2. The van der Waals surface area contributed by atoms with Gasteiger partial charge in [0, 0.05) is 42.2 Å². The number of anilines is 2. The number of nitrogen functional groups attached to an aromatic ring is 1. The Hall–Kier alpha value is -2.41. The van der Waals surface area contributed by atoms with Crippen molar-refractivity contribution >= 4 is 17.4 Å². The van der Waals surface area contributed by atoms with Crippen molar-refractivity contribution in [3.8, 4) is 0 Å². The van der Waals surface area contributed by atoms with E-state index < -0.39 is 0 Å². The highest BCUT2D eigenvalue weighted by Crippen LogP contribution is 2.33. The van der Waals surface area contributed by atoms with E-state index in [2.05, 4.69) is 15.4 Å². The van der Waals surface area contributed by atoms with Crippen LogP contribution in [0.15, 0.2) is 18.5 Å². The van der Waals surface area contributed by atoms with Crippen molar-refractivity contribution in [1.82, 2.24) is 14.8 Å². The molecule has 0 saturated heterocycles. The van der Waals surface area contributed by atoms with Gasteiger partial charge in [0.05, 0.1) is 24.8 Å². The predicted molar refractivity (Wildman–Crippen MR) is 80.7 cm³/mol. The molecule has 7 nitrogen and oxygen atoms in total. The monoisotopic (exact) mass is 299 g/mol. The number of carbonyl (C=O) groups is 1. The number of aromatic nitrogens is 3. The van der Waals surface area contributed by atoms with Gasteiger partial charge < -0.3 is 15.8 Å². The van der Waals surface area contributed by atoms with Crippen LogP contribution >= 0.6 is 0 Å². The number of nitrogens with two attached hydrogens (primary N) is 1. The Bertz CT molecular complexity index is 740. The fraction of sp³-hybridized carbons (Fsp3) is 0.400. The van der Waals surface area contributed by atoms with E-state index in [0.29, 0.717) is 31.9 Å². The molecule has 0 aliphatic carbocycles. The number of nitrogens with zero attached hydrogens (tertiary/aromatic N) is 3. The van der Waals surface area contributed by atoms with Crippen LogP contribution in [0.4, 0.5) is 11.5 Å². The molecule has 114 valence electrons. The van der Waals surface area contributed by atoms with Crippen LogP contribution in [-0.4, -0.2) is 33.8 Å². The quantitative estimate of drug-likeness (QED) is 0.821. The SMILES string of the molecule is Nc1c2c(nn1C(=O)C1CCNc3ccncc31)COCC2. The molecule has 7 heteroatoms. The van der Waals surface area contributed by atoms with Gasteiger partial charge in [-0.3, -0.25) is 9.78 Å². The van der Waals surface area contributed by atoms with E-state index in [1.807, 2.05) is 6.07 Å². The Morgan fingerprint density at radius 1 is 1.50 bits per heavy atom. The normalized spacial score (nSPS) is 19.9. The standard InChI is InChI=1S/C15H17N5O2/c16-14-10-3-6-22-8-13(10)19-20(14)15(21)9-1-5-18-12-2-4-17-7-11(9)12/h2,4,7,9,18H,1,3,5-6,8,16H2. The van der Waals surface area contributed by atoms with Crippen molar-refractivity contribution in [1.29, 1.82) is 0 Å². The van der Waals surface area contributed by atoms with E-state index in [0.717, 1.165) is 29.1 Å². The molecule has 22 heavy (non-hydrogen) atoms. The average Bonchev–Trinajstić information content (AvgIpc) is 2.91.